The molecule has 1 aromatic heterocycles. The fraction of sp³-hybridized carbons (Fsp3) is 0.267. The van der Waals surface area contributed by atoms with Gasteiger partial charge in [-0.3, -0.25) is 4.99 Å². The molecule has 0 unspecified atom stereocenters. The SMILES string of the molecule is CN=C(NCc1ccc(C)s1)NCc1cc(Br)ccc1F. The molecule has 112 valence electrons. The summed E-state index contributed by atoms with van der Waals surface area (Å²) in [5, 5.41) is 6.33. The number of aryl methyl sites for hydroxylation is 1. The van der Waals surface area contributed by atoms with Crippen LogP contribution in [0, 0.1) is 12.7 Å². The predicted octanol–water partition coefficient (Wildman–Crippen LogP) is 3.82. The second-order valence-electron chi connectivity index (χ2n) is 4.53. The van der Waals surface area contributed by atoms with Crippen LogP contribution in [0.1, 0.15) is 15.3 Å². The summed E-state index contributed by atoms with van der Waals surface area (Å²) in [7, 11) is 1.70. The first-order valence-corrected chi connectivity index (χ1v) is 8.13. The fourth-order valence-corrected chi connectivity index (χ4v) is 3.07. The molecule has 0 spiro atoms. The minimum absolute atomic E-state index is 0.227. The summed E-state index contributed by atoms with van der Waals surface area (Å²) in [6, 6.07) is 9.08. The summed E-state index contributed by atoms with van der Waals surface area (Å²) in [4.78, 5) is 6.67. The molecule has 1 heterocycles. The quantitative estimate of drug-likeness (QED) is 0.634. The van der Waals surface area contributed by atoms with Gasteiger partial charge < -0.3 is 10.6 Å². The predicted molar refractivity (Wildman–Crippen MR) is 90.2 cm³/mol. The molecule has 0 radical (unpaired) electrons. The van der Waals surface area contributed by atoms with Crippen LogP contribution in [0.15, 0.2) is 39.8 Å². The van der Waals surface area contributed by atoms with Crippen LogP contribution in [-0.2, 0) is 13.1 Å². The second-order valence-corrected chi connectivity index (χ2v) is 6.82. The largest absolute Gasteiger partial charge is 0.352 e. The Labute approximate surface area is 136 Å². The van der Waals surface area contributed by atoms with E-state index in [0.29, 0.717) is 24.6 Å². The summed E-state index contributed by atoms with van der Waals surface area (Å²) in [6.07, 6.45) is 0. The van der Waals surface area contributed by atoms with E-state index in [-0.39, 0.29) is 5.82 Å². The third kappa shape index (κ3) is 4.82. The van der Waals surface area contributed by atoms with Crippen LogP contribution in [0.2, 0.25) is 0 Å². The van der Waals surface area contributed by atoms with Crippen LogP contribution in [0.3, 0.4) is 0 Å². The Morgan fingerprint density at radius 1 is 1.24 bits per heavy atom. The summed E-state index contributed by atoms with van der Waals surface area (Å²) >= 11 is 5.09. The molecule has 2 aromatic rings. The topological polar surface area (TPSA) is 36.4 Å². The van der Waals surface area contributed by atoms with Gasteiger partial charge in [-0.2, -0.15) is 0 Å². The van der Waals surface area contributed by atoms with Gasteiger partial charge in [-0.05, 0) is 37.3 Å². The first-order valence-electron chi connectivity index (χ1n) is 6.52. The molecule has 21 heavy (non-hydrogen) atoms. The van der Waals surface area contributed by atoms with Crippen molar-refractivity contribution in [3.63, 3.8) is 0 Å². The Hall–Kier alpha value is -1.40. The highest BCUT2D eigenvalue weighted by atomic mass is 79.9. The van der Waals surface area contributed by atoms with Crippen molar-refractivity contribution in [3.8, 4) is 0 Å². The third-order valence-electron chi connectivity index (χ3n) is 2.90. The van der Waals surface area contributed by atoms with Gasteiger partial charge in [0.1, 0.15) is 5.82 Å². The summed E-state index contributed by atoms with van der Waals surface area (Å²) in [5.74, 6) is 0.426. The lowest BCUT2D eigenvalue weighted by Gasteiger charge is -2.12. The Kier molecular flexibility index (Phi) is 5.76. The highest BCUT2D eigenvalue weighted by Gasteiger charge is 2.05. The maximum absolute atomic E-state index is 13.7. The maximum Gasteiger partial charge on any atom is 0.191 e. The van der Waals surface area contributed by atoms with Gasteiger partial charge in [0.05, 0.1) is 6.54 Å². The number of aliphatic imine (C=N–C) groups is 1. The zero-order chi connectivity index (χ0) is 15.2. The van der Waals surface area contributed by atoms with E-state index in [1.165, 1.54) is 15.8 Å². The van der Waals surface area contributed by atoms with Crippen molar-refractivity contribution in [1.29, 1.82) is 0 Å². The normalized spacial score (nSPS) is 11.5. The highest BCUT2D eigenvalue weighted by Crippen LogP contribution is 2.16. The number of hydrogen-bond acceptors (Lipinski definition) is 2. The van der Waals surface area contributed by atoms with E-state index in [1.807, 2.05) is 0 Å². The molecule has 0 amide bonds. The molecule has 1 aromatic carbocycles. The molecular formula is C15H17BrFN3S. The summed E-state index contributed by atoms with van der Waals surface area (Å²) in [6.45, 7) is 3.17. The number of nitrogens with zero attached hydrogens (tertiary/aromatic N) is 1. The number of nitrogens with one attached hydrogen (secondary N) is 2. The van der Waals surface area contributed by atoms with Crippen LogP contribution >= 0.6 is 27.3 Å². The number of hydrogen-bond donors (Lipinski definition) is 2. The van der Waals surface area contributed by atoms with Crippen LogP contribution in [0.5, 0.6) is 0 Å². The van der Waals surface area contributed by atoms with E-state index in [9.17, 15) is 4.39 Å². The molecule has 2 N–H and O–H groups in total. The molecule has 3 nitrogen and oxygen atoms in total. The first-order chi connectivity index (χ1) is 10.1. The number of rotatable bonds is 4. The number of halogens is 2. The van der Waals surface area contributed by atoms with E-state index >= 15 is 0 Å². The Balaban J connectivity index is 1.89. The summed E-state index contributed by atoms with van der Waals surface area (Å²) in [5.41, 5.74) is 0.597. The van der Waals surface area contributed by atoms with E-state index < -0.39 is 0 Å². The van der Waals surface area contributed by atoms with E-state index in [0.717, 1.165) is 4.47 Å². The van der Waals surface area contributed by atoms with Crippen molar-refractivity contribution in [2.24, 2.45) is 4.99 Å². The van der Waals surface area contributed by atoms with Gasteiger partial charge in [0.25, 0.3) is 0 Å². The molecule has 0 saturated carbocycles. The van der Waals surface area contributed by atoms with Gasteiger partial charge in [0.15, 0.2) is 5.96 Å². The summed E-state index contributed by atoms with van der Waals surface area (Å²) < 4.78 is 14.5. The van der Waals surface area contributed by atoms with Crippen LogP contribution in [0.25, 0.3) is 0 Å². The molecule has 0 bridgehead atoms. The lowest BCUT2D eigenvalue weighted by molar-refractivity contribution is 0.604. The van der Waals surface area contributed by atoms with Gasteiger partial charge in [-0.1, -0.05) is 15.9 Å². The lowest BCUT2D eigenvalue weighted by atomic mass is 10.2. The third-order valence-corrected chi connectivity index (χ3v) is 4.40. The van der Waals surface area contributed by atoms with Gasteiger partial charge in [-0.25, -0.2) is 4.39 Å². The van der Waals surface area contributed by atoms with Gasteiger partial charge in [0.2, 0.25) is 0 Å². The molecule has 0 fully saturated rings. The molecule has 0 atom stereocenters. The Morgan fingerprint density at radius 2 is 2.00 bits per heavy atom. The number of thiophene rings is 1. The minimum atomic E-state index is -0.227. The smallest absolute Gasteiger partial charge is 0.191 e. The van der Waals surface area contributed by atoms with Gasteiger partial charge in [-0.15, -0.1) is 11.3 Å². The van der Waals surface area contributed by atoms with Crippen molar-refractivity contribution in [1.82, 2.24) is 10.6 Å². The maximum atomic E-state index is 13.7. The van der Waals surface area contributed by atoms with Crippen molar-refractivity contribution in [2.45, 2.75) is 20.0 Å². The zero-order valence-corrected chi connectivity index (χ0v) is 14.3. The van der Waals surface area contributed by atoms with E-state index in [4.69, 9.17) is 0 Å². The molecule has 0 aliphatic carbocycles. The number of guanidine groups is 1. The molecular weight excluding hydrogens is 353 g/mol. The Morgan fingerprint density at radius 3 is 2.67 bits per heavy atom. The Bertz CT molecular complexity index is 640. The highest BCUT2D eigenvalue weighted by molar-refractivity contribution is 9.10. The average molecular weight is 370 g/mol. The van der Waals surface area contributed by atoms with E-state index in [1.54, 1.807) is 30.5 Å². The van der Waals surface area contributed by atoms with Crippen molar-refractivity contribution in [3.05, 3.63) is 55.9 Å². The molecule has 0 aliphatic heterocycles. The first kappa shape index (κ1) is 16.0. The van der Waals surface area contributed by atoms with Crippen LogP contribution in [-0.4, -0.2) is 13.0 Å². The average Bonchev–Trinajstić information content (AvgIpc) is 2.88. The molecule has 0 saturated heterocycles. The van der Waals surface area contributed by atoms with Crippen molar-refractivity contribution < 1.29 is 4.39 Å². The number of benzene rings is 1. The monoisotopic (exact) mass is 369 g/mol. The van der Waals surface area contributed by atoms with Crippen LogP contribution in [0.4, 0.5) is 4.39 Å². The standard InChI is InChI=1S/C15H17BrFN3S/c1-10-3-5-13(21-10)9-20-15(18-2)19-8-11-7-12(16)4-6-14(11)17/h3-7H,8-9H2,1-2H3,(H2,18,19,20). The van der Waals surface area contributed by atoms with Crippen LogP contribution < -0.4 is 10.6 Å². The van der Waals surface area contributed by atoms with Crippen molar-refractivity contribution in [2.75, 3.05) is 7.05 Å². The van der Waals surface area contributed by atoms with Crippen molar-refractivity contribution >= 4 is 33.2 Å². The van der Waals surface area contributed by atoms with E-state index in [2.05, 4.69) is 50.6 Å². The van der Waals surface area contributed by atoms with Gasteiger partial charge >= 0.3 is 0 Å². The van der Waals surface area contributed by atoms with Gasteiger partial charge in [0, 0.05) is 33.4 Å². The second kappa shape index (κ2) is 7.56. The lowest BCUT2D eigenvalue weighted by Crippen LogP contribution is -2.36. The zero-order valence-electron chi connectivity index (χ0n) is 11.9. The molecule has 6 heteroatoms. The fourth-order valence-electron chi connectivity index (χ4n) is 1.83. The molecule has 0 aliphatic rings. The molecule has 2 rings (SSSR count). The minimum Gasteiger partial charge on any atom is -0.352 e.